The lowest BCUT2D eigenvalue weighted by Gasteiger charge is -2.53. The van der Waals surface area contributed by atoms with Crippen LogP contribution in [0, 0.1) is 0 Å². The lowest BCUT2D eigenvalue weighted by Crippen LogP contribution is -2.62. The Balaban J connectivity index is 2.39. The number of nitrogens with two attached hydrogens (primary N) is 1. The quantitative estimate of drug-likeness (QED) is 0.615. The Labute approximate surface area is 113 Å². The van der Waals surface area contributed by atoms with E-state index in [4.69, 9.17) is 5.73 Å². The molecule has 108 valence electrons. The third kappa shape index (κ3) is 4.19. The van der Waals surface area contributed by atoms with Crippen LogP contribution in [0.15, 0.2) is 0 Å². The van der Waals surface area contributed by atoms with Crippen LogP contribution in [0.5, 0.6) is 0 Å². The Morgan fingerprint density at radius 1 is 1.06 bits per heavy atom. The molecule has 0 aromatic rings. The van der Waals surface area contributed by atoms with E-state index in [2.05, 4.69) is 50.3 Å². The first-order chi connectivity index (χ1) is 8.29. The van der Waals surface area contributed by atoms with Crippen molar-refractivity contribution in [3.05, 3.63) is 0 Å². The highest BCUT2D eigenvalue weighted by atomic mass is 15.2. The molecule has 0 amide bonds. The van der Waals surface area contributed by atoms with Crippen molar-refractivity contribution >= 4 is 0 Å². The van der Waals surface area contributed by atoms with E-state index >= 15 is 0 Å². The summed E-state index contributed by atoms with van der Waals surface area (Å²) >= 11 is 0. The Bertz CT molecular complexity index is 232. The van der Waals surface area contributed by atoms with Crippen molar-refractivity contribution in [2.75, 3.05) is 33.2 Å². The third-order valence-corrected chi connectivity index (χ3v) is 4.36. The molecule has 0 atom stereocenters. The molecule has 18 heavy (non-hydrogen) atoms. The highest BCUT2D eigenvalue weighted by Gasteiger charge is 2.42. The normalized spacial score (nSPS) is 24.3. The Morgan fingerprint density at radius 3 is 2.11 bits per heavy atom. The molecule has 0 saturated carbocycles. The number of hydrogen-bond acceptors (Lipinski definition) is 4. The van der Waals surface area contributed by atoms with E-state index in [1.807, 2.05) is 0 Å². The van der Waals surface area contributed by atoms with Crippen molar-refractivity contribution in [2.45, 2.75) is 57.7 Å². The maximum Gasteiger partial charge on any atom is 0.0170 e. The molecule has 1 heterocycles. The minimum Gasteiger partial charge on any atom is -0.329 e. The third-order valence-electron chi connectivity index (χ3n) is 4.36. The summed E-state index contributed by atoms with van der Waals surface area (Å²) in [6.45, 7) is 13.0. The van der Waals surface area contributed by atoms with Crippen LogP contribution in [0.3, 0.4) is 0 Å². The van der Waals surface area contributed by atoms with Crippen LogP contribution in [0.25, 0.3) is 0 Å². The van der Waals surface area contributed by atoms with Gasteiger partial charge in [-0.1, -0.05) is 0 Å². The summed E-state index contributed by atoms with van der Waals surface area (Å²) in [5, 5.41) is 7.01. The highest BCUT2D eigenvalue weighted by Crippen LogP contribution is 2.36. The maximum atomic E-state index is 5.45. The van der Waals surface area contributed by atoms with Crippen molar-refractivity contribution in [3.8, 4) is 0 Å². The van der Waals surface area contributed by atoms with Crippen molar-refractivity contribution in [1.29, 1.82) is 0 Å². The second-order valence-corrected chi connectivity index (χ2v) is 6.78. The smallest absolute Gasteiger partial charge is 0.0170 e. The maximum absolute atomic E-state index is 5.45. The fourth-order valence-corrected chi connectivity index (χ4v) is 3.11. The summed E-state index contributed by atoms with van der Waals surface area (Å²) in [5.41, 5.74) is 5.99. The molecule has 0 unspecified atom stereocenters. The molecular formula is C14H32N4. The lowest BCUT2D eigenvalue weighted by molar-refractivity contribution is -0.0179. The number of hydrogen-bond donors (Lipinski definition) is 3. The van der Waals surface area contributed by atoms with E-state index in [1.54, 1.807) is 0 Å². The zero-order valence-corrected chi connectivity index (χ0v) is 12.8. The van der Waals surface area contributed by atoms with Gasteiger partial charge in [0.05, 0.1) is 0 Å². The van der Waals surface area contributed by atoms with E-state index in [-0.39, 0.29) is 11.1 Å². The topological polar surface area (TPSA) is 53.3 Å². The van der Waals surface area contributed by atoms with Gasteiger partial charge in [0.1, 0.15) is 0 Å². The summed E-state index contributed by atoms with van der Waals surface area (Å²) in [6, 6.07) is 0.617. The van der Waals surface area contributed by atoms with Crippen LogP contribution in [0.4, 0.5) is 0 Å². The van der Waals surface area contributed by atoms with Crippen molar-refractivity contribution < 1.29 is 0 Å². The molecule has 0 bridgehead atoms. The average molecular weight is 256 g/mol. The standard InChI is InChI=1S/C14H32N4/c1-13(2)10-12(11-14(3,4)18(13)5)17-9-8-16-7-6-15/h12,16-17H,6-11,15H2,1-5H3. The summed E-state index contributed by atoms with van der Waals surface area (Å²) in [6.07, 6.45) is 2.42. The minimum atomic E-state index is 0.268. The highest BCUT2D eigenvalue weighted by molar-refractivity contribution is 5.00. The summed E-state index contributed by atoms with van der Waals surface area (Å²) < 4.78 is 0. The zero-order valence-electron chi connectivity index (χ0n) is 12.8. The molecule has 1 fully saturated rings. The van der Waals surface area contributed by atoms with Crippen LogP contribution >= 0.6 is 0 Å². The lowest BCUT2D eigenvalue weighted by atomic mass is 9.77. The second-order valence-electron chi connectivity index (χ2n) is 6.78. The first-order valence-corrected chi connectivity index (χ1v) is 7.18. The first-order valence-electron chi connectivity index (χ1n) is 7.18. The minimum absolute atomic E-state index is 0.268. The fraction of sp³-hybridized carbons (Fsp3) is 1.00. The SMILES string of the molecule is CN1C(C)(C)CC(NCCNCCN)CC1(C)C. The van der Waals surface area contributed by atoms with E-state index < -0.39 is 0 Å². The second kappa shape index (κ2) is 6.33. The van der Waals surface area contributed by atoms with Crippen molar-refractivity contribution in [1.82, 2.24) is 15.5 Å². The van der Waals surface area contributed by atoms with Gasteiger partial charge < -0.3 is 16.4 Å². The molecule has 1 aliphatic heterocycles. The van der Waals surface area contributed by atoms with Crippen LogP contribution in [0.2, 0.25) is 0 Å². The zero-order chi connectivity index (χ0) is 13.8. The molecule has 1 saturated heterocycles. The van der Waals surface area contributed by atoms with Crippen LogP contribution in [-0.4, -0.2) is 55.2 Å². The Kier molecular flexibility index (Phi) is 5.59. The summed E-state index contributed by atoms with van der Waals surface area (Å²) in [7, 11) is 2.25. The summed E-state index contributed by atoms with van der Waals surface area (Å²) in [5.74, 6) is 0. The molecule has 0 aromatic heterocycles. The number of piperidine rings is 1. The fourth-order valence-electron chi connectivity index (χ4n) is 3.11. The summed E-state index contributed by atoms with van der Waals surface area (Å²) in [4.78, 5) is 2.52. The first kappa shape index (κ1) is 15.9. The van der Waals surface area contributed by atoms with Gasteiger partial charge in [-0.3, -0.25) is 4.90 Å². The molecule has 0 radical (unpaired) electrons. The molecule has 4 N–H and O–H groups in total. The predicted octanol–water partition coefficient (Wildman–Crippen LogP) is 0.776. The molecular weight excluding hydrogens is 224 g/mol. The molecule has 0 aromatic carbocycles. The Morgan fingerprint density at radius 2 is 1.61 bits per heavy atom. The van der Waals surface area contributed by atoms with Gasteiger partial charge in [-0.15, -0.1) is 0 Å². The van der Waals surface area contributed by atoms with Gasteiger partial charge in [-0.25, -0.2) is 0 Å². The number of likely N-dealkylation sites (tertiary alicyclic amines) is 1. The van der Waals surface area contributed by atoms with E-state index in [1.165, 1.54) is 12.8 Å². The van der Waals surface area contributed by atoms with Gasteiger partial charge in [0.15, 0.2) is 0 Å². The largest absolute Gasteiger partial charge is 0.329 e. The Hall–Kier alpha value is -0.160. The van der Waals surface area contributed by atoms with Crippen LogP contribution in [0.1, 0.15) is 40.5 Å². The molecule has 1 aliphatic rings. The molecule has 0 spiro atoms. The van der Waals surface area contributed by atoms with E-state index in [0.29, 0.717) is 12.6 Å². The van der Waals surface area contributed by atoms with Gasteiger partial charge in [0.25, 0.3) is 0 Å². The predicted molar refractivity (Wildman–Crippen MR) is 78.9 cm³/mol. The van der Waals surface area contributed by atoms with Crippen LogP contribution in [-0.2, 0) is 0 Å². The van der Waals surface area contributed by atoms with E-state index in [9.17, 15) is 0 Å². The van der Waals surface area contributed by atoms with E-state index in [0.717, 1.165) is 19.6 Å². The van der Waals surface area contributed by atoms with Crippen LogP contribution < -0.4 is 16.4 Å². The molecule has 0 aliphatic carbocycles. The van der Waals surface area contributed by atoms with Gasteiger partial charge in [-0.05, 0) is 47.6 Å². The molecule has 4 heteroatoms. The molecule has 1 rings (SSSR count). The van der Waals surface area contributed by atoms with Crippen molar-refractivity contribution in [3.63, 3.8) is 0 Å². The molecule has 4 nitrogen and oxygen atoms in total. The van der Waals surface area contributed by atoms with Gasteiger partial charge >= 0.3 is 0 Å². The van der Waals surface area contributed by atoms with Gasteiger partial charge in [-0.2, -0.15) is 0 Å². The van der Waals surface area contributed by atoms with Gasteiger partial charge in [0, 0.05) is 43.3 Å². The van der Waals surface area contributed by atoms with Crippen molar-refractivity contribution in [2.24, 2.45) is 5.73 Å². The van der Waals surface area contributed by atoms with Gasteiger partial charge in [0.2, 0.25) is 0 Å². The average Bonchev–Trinajstić information content (AvgIpc) is 2.25. The monoisotopic (exact) mass is 256 g/mol. The number of nitrogens with one attached hydrogen (secondary N) is 2. The number of nitrogens with zero attached hydrogens (tertiary/aromatic N) is 1. The number of rotatable bonds is 6.